The van der Waals surface area contributed by atoms with Gasteiger partial charge in [0.15, 0.2) is 5.69 Å². The second kappa shape index (κ2) is 9.19. The van der Waals surface area contributed by atoms with Gasteiger partial charge in [-0.3, -0.25) is 4.79 Å². The molecule has 7 nitrogen and oxygen atoms in total. The van der Waals surface area contributed by atoms with Crippen LogP contribution in [0.25, 0.3) is 5.69 Å². The Labute approximate surface area is 195 Å². The molecule has 0 saturated carbocycles. The van der Waals surface area contributed by atoms with Gasteiger partial charge in [-0.25, -0.2) is 13.9 Å². The maximum atomic E-state index is 13.3. The van der Waals surface area contributed by atoms with E-state index in [1.807, 2.05) is 18.2 Å². The molecule has 0 aliphatic heterocycles. The number of hydrogen-bond donors (Lipinski definition) is 3. The van der Waals surface area contributed by atoms with Gasteiger partial charge in [-0.05, 0) is 73.9 Å². The molecule has 4 aromatic rings. The predicted octanol–water partition coefficient (Wildman–Crippen LogP) is 5.40. The largest absolute Gasteiger partial charge is 0.323 e. The molecule has 5 rings (SSSR count). The average Bonchev–Trinajstić information content (AvgIpc) is 3.44. The minimum Gasteiger partial charge on any atom is -0.321 e. The van der Waals surface area contributed by atoms with Crippen LogP contribution in [0.4, 0.5) is 26.2 Å². The van der Waals surface area contributed by atoms with Gasteiger partial charge in [0, 0.05) is 28.3 Å². The minimum atomic E-state index is -0.384. The molecule has 0 fully saturated rings. The lowest BCUT2D eigenvalue weighted by Gasteiger charge is -2.10. The van der Waals surface area contributed by atoms with Crippen molar-refractivity contribution in [1.29, 1.82) is 0 Å². The lowest BCUT2D eigenvalue weighted by Crippen LogP contribution is -2.19. The van der Waals surface area contributed by atoms with Crippen LogP contribution in [0.3, 0.4) is 0 Å². The maximum absolute atomic E-state index is 13.3. The van der Waals surface area contributed by atoms with Crippen LogP contribution in [0.5, 0.6) is 0 Å². The Kier molecular flexibility index (Phi) is 5.78. The van der Waals surface area contributed by atoms with Gasteiger partial charge in [0.05, 0.1) is 5.69 Å². The van der Waals surface area contributed by atoms with Crippen LogP contribution in [-0.4, -0.2) is 21.7 Å². The van der Waals surface area contributed by atoms with Gasteiger partial charge in [-0.15, -0.1) is 0 Å². The smallest absolute Gasteiger partial charge is 0.321 e. The molecule has 8 heteroatoms. The molecule has 0 saturated heterocycles. The highest BCUT2D eigenvalue weighted by molar-refractivity contribution is 6.05. The standard InChI is InChI=1S/C26H22FN5O2/c27-17-12-14-21(15-13-17)32-23-11-5-10-22(23)24(31-32)25(33)28-19-8-4-9-20(16-19)30-26(34)29-18-6-2-1-3-7-18/h1-4,6-9,12-16H,5,10-11H2,(H,28,33)(H2,29,30,34). The minimum absolute atomic E-state index is 0.323. The number of carbonyl (C=O) groups is 2. The molecule has 170 valence electrons. The zero-order chi connectivity index (χ0) is 23.5. The average molecular weight is 455 g/mol. The first-order valence-electron chi connectivity index (χ1n) is 11.0. The normalized spacial score (nSPS) is 12.1. The molecule has 0 spiro atoms. The van der Waals surface area contributed by atoms with Crippen LogP contribution in [0.2, 0.25) is 0 Å². The fourth-order valence-corrected chi connectivity index (χ4v) is 4.10. The van der Waals surface area contributed by atoms with Crippen molar-refractivity contribution in [3.63, 3.8) is 0 Å². The highest BCUT2D eigenvalue weighted by Gasteiger charge is 2.27. The quantitative estimate of drug-likeness (QED) is 0.377. The van der Waals surface area contributed by atoms with E-state index in [1.54, 1.807) is 53.2 Å². The Balaban J connectivity index is 1.32. The first-order chi connectivity index (χ1) is 16.6. The fraction of sp³-hybridized carbons (Fsp3) is 0.115. The molecule has 3 aromatic carbocycles. The molecular weight excluding hydrogens is 433 g/mol. The van der Waals surface area contributed by atoms with Crippen molar-refractivity contribution < 1.29 is 14.0 Å². The molecule has 1 aliphatic carbocycles. The number of hydrogen-bond acceptors (Lipinski definition) is 3. The summed E-state index contributed by atoms with van der Waals surface area (Å²) >= 11 is 0. The molecule has 0 unspecified atom stereocenters. The van der Waals surface area contributed by atoms with Gasteiger partial charge < -0.3 is 16.0 Å². The number of nitrogens with zero attached hydrogens (tertiary/aromatic N) is 2. The van der Waals surface area contributed by atoms with E-state index >= 15 is 0 Å². The van der Waals surface area contributed by atoms with Crippen LogP contribution < -0.4 is 16.0 Å². The highest BCUT2D eigenvalue weighted by Crippen LogP contribution is 2.28. The number of nitrogens with one attached hydrogen (secondary N) is 3. The van der Waals surface area contributed by atoms with Gasteiger partial charge in [0.25, 0.3) is 5.91 Å². The summed E-state index contributed by atoms with van der Waals surface area (Å²) in [6, 6.07) is 21.7. The van der Waals surface area contributed by atoms with Crippen LogP contribution in [-0.2, 0) is 12.8 Å². The summed E-state index contributed by atoms with van der Waals surface area (Å²) in [5, 5.41) is 12.9. The number of aromatic nitrogens is 2. The van der Waals surface area contributed by atoms with Crippen molar-refractivity contribution in [2.45, 2.75) is 19.3 Å². The fourth-order valence-electron chi connectivity index (χ4n) is 4.10. The third-order valence-electron chi connectivity index (χ3n) is 5.63. The van der Waals surface area contributed by atoms with E-state index in [0.29, 0.717) is 28.4 Å². The van der Waals surface area contributed by atoms with E-state index in [9.17, 15) is 14.0 Å². The Hall–Kier alpha value is -4.46. The number of para-hydroxylation sites is 1. The highest BCUT2D eigenvalue weighted by atomic mass is 19.1. The van der Waals surface area contributed by atoms with Crippen molar-refractivity contribution in [2.75, 3.05) is 16.0 Å². The number of anilines is 3. The third-order valence-corrected chi connectivity index (χ3v) is 5.63. The van der Waals surface area contributed by atoms with Gasteiger partial charge >= 0.3 is 6.03 Å². The van der Waals surface area contributed by atoms with E-state index < -0.39 is 0 Å². The van der Waals surface area contributed by atoms with Crippen LogP contribution >= 0.6 is 0 Å². The lowest BCUT2D eigenvalue weighted by atomic mass is 10.2. The van der Waals surface area contributed by atoms with Gasteiger partial charge in [-0.2, -0.15) is 5.10 Å². The Bertz CT molecular complexity index is 1350. The number of benzene rings is 3. The summed E-state index contributed by atoms with van der Waals surface area (Å²) in [7, 11) is 0. The van der Waals surface area contributed by atoms with Crippen molar-refractivity contribution in [3.05, 3.63) is 102 Å². The van der Waals surface area contributed by atoms with Crippen molar-refractivity contribution in [2.24, 2.45) is 0 Å². The lowest BCUT2D eigenvalue weighted by molar-refractivity contribution is 0.102. The number of carbonyl (C=O) groups excluding carboxylic acids is 2. The molecule has 34 heavy (non-hydrogen) atoms. The number of halogens is 1. The number of urea groups is 1. The molecule has 1 aliphatic rings. The van der Waals surface area contributed by atoms with Crippen LogP contribution in [0.15, 0.2) is 78.9 Å². The molecule has 1 heterocycles. The molecule has 0 bridgehead atoms. The van der Waals surface area contributed by atoms with Crippen molar-refractivity contribution in [1.82, 2.24) is 9.78 Å². The summed E-state index contributed by atoms with van der Waals surface area (Å²) in [5.41, 5.74) is 4.71. The Morgan fingerprint density at radius 3 is 2.24 bits per heavy atom. The molecule has 3 N–H and O–H groups in total. The molecular formula is C26H22FN5O2. The number of fused-ring (bicyclic) bond motifs is 1. The van der Waals surface area contributed by atoms with Gasteiger partial charge in [0.2, 0.25) is 0 Å². The van der Waals surface area contributed by atoms with Gasteiger partial charge in [0.1, 0.15) is 5.82 Å². The Morgan fingerprint density at radius 1 is 0.794 bits per heavy atom. The zero-order valence-corrected chi connectivity index (χ0v) is 18.2. The second-order valence-electron chi connectivity index (χ2n) is 8.00. The summed E-state index contributed by atoms with van der Waals surface area (Å²) in [6.07, 6.45) is 2.51. The predicted molar refractivity (Wildman–Crippen MR) is 129 cm³/mol. The van der Waals surface area contributed by atoms with E-state index in [1.165, 1.54) is 12.1 Å². The second-order valence-corrected chi connectivity index (χ2v) is 8.00. The van der Waals surface area contributed by atoms with E-state index in [2.05, 4.69) is 21.0 Å². The molecule has 1 aromatic heterocycles. The maximum Gasteiger partial charge on any atom is 0.323 e. The summed E-state index contributed by atoms with van der Waals surface area (Å²) in [4.78, 5) is 25.4. The summed E-state index contributed by atoms with van der Waals surface area (Å²) < 4.78 is 15.1. The SMILES string of the molecule is O=C(Nc1ccccc1)Nc1cccc(NC(=O)c2nn(-c3ccc(F)cc3)c3c2CCC3)c1. The molecule has 3 amide bonds. The van der Waals surface area contributed by atoms with Crippen LogP contribution in [0, 0.1) is 5.82 Å². The molecule has 0 atom stereocenters. The summed E-state index contributed by atoms with van der Waals surface area (Å²) in [6.45, 7) is 0. The zero-order valence-electron chi connectivity index (χ0n) is 18.2. The van der Waals surface area contributed by atoms with E-state index in [4.69, 9.17) is 0 Å². The monoisotopic (exact) mass is 455 g/mol. The van der Waals surface area contributed by atoms with Crippen molar-refractivity contribution >= 4 is 29.0 Å². The van der Waals surface area contributed by atoms with E-state index in [0.717, 1.165) is 30.5 Å². The Morgan fingerprint density at radius 2 is 1.47 bits per heavy atom. The topological polar surface area (TPSA) is 88.1 Å². The molecule has 0 radical (unpaired) electrons. The van der Waals surface area contributed by atoms with Crippen molar-refractivity contribution in [3.8, 4) is 5.69 Å². The summed E-state index contributed by atoms with van der Waals surface area (Å²) in [5.74, 6) is -0.652. The van der Waals surface area contributed by atoms with Crippen LogP contribution in [0.1, 0.15) is 28.2 Å². The van der Waals surface area contributed by atoms with Gasteiger partial charge in [-0.1, -0.05) is 24.3 Å². The van der Waals surface area contributed by atoms with E-state index in [-0.39, 0.29) is 17.8 Å². The number of rotatable bonds is 5. The first-order valence-corrected chi connectivity index (χ1v) is 11.0. The third kappa shape index (κ3) is 4.52. The number of amides is 3. The first kappa shape index (κ1) is 21.4.